The van der Waals surface area contributed by atoms with Crippen LogP contribution in [0, 0.1) is 6.92 Å². The smallest absolute Gasteiger partial charge is 0.220 e. The van der Waals surface area contributed by atoms with Crippen molar-refractivity contribution in [1.29, 1.82) is 0 Å². The highest BCUT2D eigenvalue weighted by atomic mass is 15.2. The van der Waals surface area contributed by atoms with Gasteiger partial charge in [-0.15, -0.1) is 0 Å². The van der Waals surface area contributed by atoms with Crippen molar-refractivity contribution in [3.63, 3.8) is 0 Å². The Morgan fingerprint density at radius 2 is 2.07 bits per heavy atom. The lowest BCUT2D eigenvalue weighted by molar-refractivity contribution is 0.609. The van der Waals surface area contributed by atoms with Crippen LogP contribution in [0.2, 0.25) is 0 Å². The first kappa shape index (κ1) is 9.24. The van der Waals surface area contributed by atoms with Gasteiger partial charge in [-0.3, -0.25) is 0 Å². The summed E-state index contributed by atoms with van der Waals surface area (Å²) in [4.78, 5) is 10.8. The molecule has 0 unspecified atom stereocenters. The van der Waals surface area contributed by atoms with E-state index in [9.17, 15) is 0 Å². The summed E-state index contributed by atoms with van der Waals surface area (Å²) in [6.45, 7) is 6.36. The molecular weight excluding hydrogens is 176 g/mol. The Hall–Kier alpha value is -1.32. The second-order valence-electron chi connectivity index (χ2n) is 3.66. The second-order valence-corrected chi connectivity index (χ2v) is 3.66. The molecule has 14 heavy (non-hydrogen) atoms. The van der Waals surface area contributed by atoms with Gasteiger partial charge in [0.25, 0.3) is 0 Å². The molecule has 2 rings (SSSR count). The van der Waals surface area contributed by atoms with Crippen LogP contribution in [0.5, 0.6) is 0 Å². The predicted molar refractivity (Wildman–Crippen MR) is 57.4 cm³/mol. The molecular formula is C10H16N4. The quantitative estimate of drug-likeness (QED) is 0.763. The molecule has 4 nitrogen and oxygen atoms in total. The van der Waals surface area contributed by atoms with Gasteiger partial charge in [0.05, 0.1) is 17.1 Å². The van der Waals surface area contributed by atoms with Crippen molar-refractivity contribution in [2.75, 3.05) is 23.7 Å². The Kier molecular flexibility index (Phi) is 2.27. The minimum Gasteiger partial charge on any atom is -0.368 e. The first-order chi connectivity index (χ1) is 6.72. The molecule has 0 atom stereocenters. The SMILES string of the molecule is CCc1nc(N)nc(C)c1N1CCC1. The monoisotopic (exact) mass is 192 g/mol. The number of nitrogen functional groups attached to an aromatic ring is 1. The van der Waals surface area contributed by atoms with E-state index in [4.69, 9.17) is 5.73 Å². The van der Waals surface area contributed by atoms with E-state index >= 15 is 0 Å². The highest BCUT2D eigenvalue weighted by molar-refractivity contribution is 5.57. The van der Waals surface area contributed by atoms with E-state index in [0.29, 0.717) is 5.95 Å². The van der Waals surface area contributed by atoms with E-state index in [0.717, 1.165) is 30.9 Å². The fourth-order valence-electron chi connectivity index (χ4n) is 1.85. The van der Waals surface area contributed by atoms with Gasteiger partial charge in [-0.05, 0) is 19.8 Å². The molecule has 1 fully saturated rings. The average Bonchev–Trinajstić information content (AvgIpc) is 2.05. The number of hydrogen-bond acceptors (Lipinski definition) is 4. The van der Waals surface area contributed by atoms with Crippen LogP contribution in [-0.2, 0) is 6.42 Å². The van der Waals surface area contributed by atoms with E-state index < -0.39 is 0 Å². The molecule has 0 aliphatic carbocycles. The zero-order valence-electron chi connectivity index (χ0n) is 8.75. The minimum atomic E-state index is 0.392. The third kappa shape index (κ3) is 1.41. The predicted octanol–water partition coefficient (Wildman–Crippen LogP) is 1.14. The molecule has 2 N–H and O–H groups in total. The molecule has 0 amide bonds. The Morgan fingerprint density at radius 1 is 1.36 bits per heavy atom. The molecule has 0 saturated carbocycles. The van der Waals surface area contributed by atoms with Crippen LogP contribution in [0.3, 0.4) is 0 Å². The van der Waals surface area contributed by atoms with E-state index in [-0.39, 0.29) is 0 Å². The van der Waals surface area contributed by atoms with Gasteiger partial charge in [0, 0.05) is 13.1 Å². The normalized spacial score (nSPS) is 15.4. The Morgan fingerprint density at radius 3 is 2.57 bits per heavy atom. The molecule has 1 aliphatic rings. The van der Waals surface area contributed by atoms with Crippen molar-refractivity contribution >= 4 is 11.6 Å². The van der Waals surface area contributed by atoms with Crippen LogP contribution in [0.1, 0.15) is 24.7 Å². The van der Waals surface area contributed by atoms with E-state index in [1.54, 1.807) is 0 Å². The molecule has 0 radical (unpaired) electrons. The van der Waals surface area contributed by atoms with Crippen molar-refractivity contribution in [2.45, 2.75) is 26.7 Å². The molecule has 0 spiro atoms. The maximum atomic E-state index is 5.62. The van der Waals surface area contributed by atoms with Gasteiger partial charge in [-0.1, -0.05) is 6.92 Å². The molecule has 4 heteroatoms. The van der Waals surface area contributed by atoms with E-state index in [1.165, 1.54) is 12.1 Å². The third-order valence-corrected chi connectivity index (χ3v) is 2.65. The van der Waals surface area contributed by atoms with Gasteiger partial charge < -0.3 is 10.6 Å². The summed E-state index contributed by atoms with van der Waals surface area (Å²) in [5.41, 5.74) is 8.91. The Labute approximate surface area is 84.2 Å². The number of aryl methyl sites for hydroxylation is 2. The Balaban J connectivity index is 2.44. The van der Waals surface area contributed by atoms with E-state index in [2.05, 4.69) is 21.8 Å². The summed E-state index contributed by atoms with van der Waals surface area (Å²) >= 11 is 0. The summed E-state index contributed by atoms with van der Waals surface area (Å²) in [5, 5.41) is 0. The van der Waals surface area contributed by atoms with E-state index in [1.807, 2.05) is 6.92 Å². The van der Waals surface area contributed by atoms with Gasteiger partial charge in [-0.2, -0.15) is 0 Å². The number of nitrogens with two attached hydrogens (primary N) is 1. The lowest BCUT2D eigenvalue weighted by atomic mass is 10.1. The van der Waals surface area contributed by atoms with Crippen LogP contribution in [0.15, 0.2) is 0 Å². The summed E-state index contributed by atoms with van der Waals surface area (Å²) in [6.07, 6.45) is 2.19. The van der Waals surface area contributed by atoms with Crippen molar-refractivity contribution < 1.29 is 0 Å². The first-order valence-electron chi connectivity index (χ1n) is 5.10. The zero-order chi connectivity index (χ0) is 10.1. The standard InChI is InChI=1S/C10H16N4/c1-3-8-9(14-5-4-6-14)7(2)12-10(11)13-8/h3-6H2,1-2H3,(H2,11,12,13). The van der Waals surface area contributed by atoms with Crippen LogP contribution in [-0.4, -0.2) is 23.1 Å². The number of nitrogens with zero attached hydrogens (tertiary/aromatic N) is 3. The summed E-state index contributed by atoms with van der Waals surface area (Å²) in [5.74, 6) is 0.392. The fourth-order valence-corrected chi connectivity index (χ4v) is 1.85. The average molecular weight is 192 g/mol. The van der Waals surface area contributed by atoms with Crippen molar-refractivity contribution in [2.24, 2.45) is 0 Å². The maximum absolute atomic E-state index is 5.62. The second kappa shape index (κ2) is 3.44. The van der Waals surface area contributed by atoms with Crippen LogP contribution in [0.25, 0.3) is 0 Å². The number of hydrogen-bond donors (Lipinski definition) is 1. The maximum Gasteiger partial charge on any atom is 0.220 e. The van der Waals surface area contributed by atoms with Gasteiger partial charge >= 0.3 is 0 Å². The molecule has 0 aromatic carbocycles. The summed E-state index contributed by atoms with van der Waals surface area (Å²) in [6, 6.07) is 0. The van der Waals surface area contributed by atoms with Crippen LogP contribution >= 0.6 is 0 Å². The molecule has 1 aromatic heterocycles. The highest BCUT2D eigenvalue weighted by Crippen LogP contribution is 2.27. The number of anilines is 2. The molecule has 1 saturated heterocycles. The first-order valence-corrected chi connectivity index (χ1v) is 5.10. The summed E-state index contributed by atoms with van der Waals surface area (Å²) < 4.78 is 0. The van der Waals surface area contributed by atoms with Gasteiger partial charge in [0.15, 0.2) is 0 Å². The molecule has 76 valence electrons. The van der Waals surface area contributed by atoms with Crippen molar-refractivity contribution in [3.05, 3.63) is 11.4 Å². The molecule has 1 aliphatic heterocycles. The highest BCUT2D eigenvalue weighted by Gasteiger charge is 2.21. The van der Waals surface area contributed by atoms with Crippen molar-refractivity contribution in [1.82, 2.24) is 9.97 Å². The van der Waals surface area contributed by atoms with Gasteiger partial charge in [0.1, 0.15) is 0 Å². The van der Waals surface area contributed by atoms with Gasteiger partial charge in [0.2, 0.25) is 5.95 Å². The van der Waals surface area contributed by atoms with Crippen LogP contribution < -0.4 is 10.6 Å². The van der Waals surface area contributed by atoms with Crippen LogP contribution in [0.4, 0.5) is 11.6 Å². The lowest BCUT2D eigenvalue weighted by Gasteiger charge is -2.35. The third-order valence-electron chi connectivity index (χ3n) is 2.65. The molecule has 2 heterocycles. The summed E-state index contributed by atoms with van der Waals surface area (Å²) in [7, 11) is 0. The molecule has 0 bridgehead atoms. The fraction of sp³-hybridized carbons (Fsp3) is 0.600. The largest absolute Gasteiger partial charge is 0.368 e. The number of aromatic nitrogens is 2. The molecule has 1 aromatic rings. The minimum absolute atomic E-state index is 0.392. The Bertz CT molecular complexity index is 344. The lowest BCUT2D eigenvalue weighted by Crippen LogP contribution is -2.38. The number of rotatable bonds is 2. The van der Waals surface area contributed by atoms with Gasteiger partial charge in [-0.25, -0.2) is 9.97 Å². The topological polar surface area (TPSA) is 55.0 Å². The van der Waals surface area contributed by atoms with Crippen molar-refractivity contribution in [3.8, 4) is 0 Å². The zero-order valence-corrected chi connectivity index (χ0v) is 8.75.